The second kappa shape index (κ2) is 7.80. The number of aromatic nitrogens is 3. The number of hydrogen-bond donors (Lipinski definition) is 1. The van der Waals surface area contributed by atoms with E-state index in [1.165, 1.54) is 12.0 Å². The van der Waals surface area contributed by atoms with Gasteiger partial charge in [0.15, 0.2) is 0 Å². The Morgan fingerprint density at radius 2 is 2.05 bits per heavy atom. The molecule has 1 heterocycles. The molecule has 0 saturated heterocycles. The molecule has 0 fully saturated rings. The predicted octanol–water partition coefficient (Wildman–Crippen LogP) is 2.53. The molecule has 1 N–H and O–H groups in total. The van der Waals surface area contributed by atoms with E-state index in [4.69, 9.17) is 0 Å². The lowest BCUT2D eigenvalue weighted by atomic mass is 9.93. The maximum absolute atomic E-state index is 4.17. The molecule has 0 aliphatic carbocycles. The minimum atomic E-state index is 0.532. The van der Waals surface area contributed by atoms with E-state index in [2.05, 4.69) is 52.9 Å². The highest BCUT2D eigenvalue weighted by atomic mass is 15.4. The highest BCUT2D eigenvalue weighted by Gasteiger charge is 2.12. The van der Waals surface area contributed by atoms with Crippen LogP contribution in [0.25, 0.3) is 0 Å². The minimum Gasteiger partial charge on any atom is -0.316 e. The molecule has 0 radical (unpaired) electrons. The van der Waals surface area contributed by atoms with E-state index in [-0.39, 0.29) is 0 Å². The van der Waals surface area contributed by atoms with Gasteiger partial charge in [0.25, 0.3) is 0 Å². The fourth-order valence-corrected chi connectivity index (χ4v) is 2.40. The lowest BCUT2D eigenvalue weighted by Crippen LogP contribution is -2.22. The third-order valence-electron chi connectivity index (χ3n) is 3.49. The Bertz CT molecular complexity index is 492. The van der Waals surface area contributed by atoms with Crippen LogP contribution in [-0.4, -0.2) is 28.1 Å². The molecule has 2 aromatic rings. The Kier molecular flexibility index (Phi) is 5.74. The highest BCUT2D eigenvalue weighted by molar-refractivity contribution is 5.20. The Balaban J connectivity index is 1.95. The summed E-state index contributed by atoms with van der Waals surface area (Å²) >= 11 is 0. The van der Waals surface area contributed by atoms with Crippen LogP contribution >= 0.6 is 0 Å². The first-order chi connectivity index (χ1) is 9.79. The van der Waals surface area contributed by atoms with Crippen LogP contribution in [-0.2, 0) is 13.5 Å². The van der Waals surface area contributed by atoms with E-state index >= 15 is 0 Å². The van der Waals surface area contributed by atoms with Gasteiger partial charge in [-0.05, 0) is 37.3 Å². The maximum atomic E-state index is 4.17. The molecule has 1 aromatic carbocycles. The van der Waals surface area contributed by atoms with Gasteiger partial charge in [-0.3, -0.25) is 4.68 Å². The molecule has 20 heavy (non-hydrogen) atoms. The summed E-state index contributed by atoms with van der Waals surface area (Å²) in [7, 11) is 1.91. The zero-order chi connectivity index (χ0) is 14.2. The van der Waals surface area contributed by atoms with Crippen LogP contribution < -0.4 is 5.32 Å². The molecular formula is C16H24N4. The van der Waals surface area contributed by atoms with E-state index in [9.17, 15) is 0 Å². The van der Waals surface area contributed by atoms with Gasteiger partial charge in [-0.1, -0.05) is 42.5 Å². The van der Waals surface area contributed by atoms with Gasteiger partial charge in [0, 0.05) is 19.8 Å². The second-order valence-electron chi connectivity index (χ2n) is 5.23. The first-order valence-electron chi connectivity index (χ1n) is 7.40. The number of rotatable bonds is 8. The van der Waals surface area contributed by atoms with E-state index < -0.39 is 0 Å². The van der Waals surface area contributed by atoms with Crippen LogP contribution in [0.4, 0.5) is 0 Å². The first kappa shape index (κ1) is 14.7. The zero-order valence-electron chi connectivity index (χ0n) is 12.4. The second-order valence-corrected chi connectivity index (χ2v) is 5.23. The molecule has 0 bridgehead atoms. The number of nitrogens with one attached hydrogen (secondary N) is 1. The number of nitrogens with zero attached hydrogens (tertiary/aromatic N) is 3. The molecule has 4 nitrogen and oxygen atoms in total. The third kappa shape index (κ3) is 4.46. The monoisotopic (exact) mass is 272 g/mol. The Hall–Kier alpha value is -1.68. The molecule has 1 unspecified atom stereocenters. The van der Waals surface area contributed by atoms with Crippen molar-refractivity contribution < 1.29 is 0 Å². The lowest BCUT2D eigenvalue weighted by molar-refractivity contribution is 0.546. The molecule has 0 aliphatic heterocycles. The van der Waals surface area contributed by atoms with Crippen LogP contribution in [0.15, 0.2) is 36.5 Å². The molecule has 0 amide bonds. The van der Waals surface area contributed by atoms with Crippen LogP contribution in [0, 0.1) is 0 Å². The van der Waals surface area contributed by atoms with Gasteiger partial charge in [-0.2, -0.15) is 0 Å². The molecule has 0 spiro atoms. The fourth-order valence-electron chi connectivity index (χ4n) is 2.40. The van der Waals surface area contributed by atoms with Crippen molar-refractivity contribution in [3.8, 4) is 0 Å². The third-order valence-corrected chi connectivity index (χ3v) is 3.49. The van der Waals surface area contributed by atoms with Crippen molar-refractivity contribution >= 4 is 0 Å². The molecular weight excluding hydrogens is 248 g/mol. The molecule has 4 heteroatoms. The quantitative estimate of drug-likeness (QED) is 0.751. The van der Waals surface area contributed by atoms with Crippen LogP contribution in [0.5, 0.6) is 0 Å². The van der Waals surface area contributed by atoms with E-state index in [0.717, 1.165) is 31.6 Å². The topological polar surface area (TPSA) is 42.7 Å². The molecule has 0 saturated carbocycles. The lowest BCUT2D eigenvalue weighted by Gasteiger charge is -2.17. The molecule has 0 aliphatic rings. The van der Waals surface area contributed by atoms with Crippen molar-refractivity contribution in [1.29, 1.82) is 0 Å². The van der Waals surface area contributed by atoms with Gasteiger partial charge in [0.05, 0.1) is 5.69 Å². The Morgan fingerprint density at radius 3 is 2.70 bits per heavy atom. The number of aryl methyl sites for hydroxylation is 2. The predicted molar refractivity (Wildman–Crippen MR) is 81.7 cm³/mol. The Morgan fingerprint density at radius 1 is 1.25 bits per heavy atom. The van der Waals surface area contributed by atoms with Gasteiger partial charge in [0.2, 0.25) is 0 Å². The van der Waals surface area contributed by atoms with E-state index in [1.54, 1.807) is 4.68 Å². The minimum absolute atomic E-state index is 0.532. The summed E-state index contributed by atoms with van der Waals surface area (Å²) < 4.78 is 1.77. The van der Waals surface area contributed by atoms with Crippen LogP contribution in [0.3, 0.4) is 0 Å². The number of hydrogen-bond acceptors (Lipinski definition) is 3. The maximum Gasteiger partial charge on any atom is 0.0827 e. The van der Waals surface area contributed by atoms with Gasteiger partial charge in [-0.15, -0.1) is 5.10 Å². The van der Waals surface area contributed by atoms with Gasteiger partial charge in [-0.25, -0.2) is 0 Å². The summed E-state index contributed by atoms with van der Waals surface area (Å²) in [6.07, 6.45) is 5.24. The van der Waals surface area contributed by atoms with E-state index in [0.29, 0.717) is 5.92 Å². The highest BCUT2D eigenvalue weighted by Crippen LogP contribution is 2.20. The van der Waals surface area contributed by atoms with Gasteiger partial charge < -0.3 is 5.32 Å². The van der Waals surface area contributed by atoms with Gasteiger partial charge in [0.1, 0.15) is 0 Å². The molecule has 1 atom stereocenters. The van der Waals surface area contributed by atoms with Crippen LogP contribution in [0.1, 0.15) is 36.9 Å². The average molecular weight is 272 g/mol. The average Bonchev–Trinajstić information content (AvgIpc) is 2.89. The van der Waals surface area contributed by atoms with Crippen molar-refractivity contribution in [3.05, 3.63) is 47.8 Å². The largest absolute Gasteiger partial charge is 0.316 e. The summed E-state index contributed by atoms with van der Waals surface area (Å²) in [6.45, 7) is 4.30. The fraction of sp³-hybridized carbons (Fsp3) is 0.500. The summed E-state index contributed by atoms with van der Waals surface area (Å²) in [4.78, 5) is 0. The molecule has 2 rings (SSSR count). The normalized spacial score (nSPS) is 12.5. The standard InChI is InChI=1S/C16H24N4/c1-3-11-17-12-15(14-7-5-4-6-8-14)9-10-16-13-20(2)19-18-16/h4-8,13,15,17H,3,9-12H2,1-2H3. The van der Waals surface area contributed by atoms with E-state index in [1.807, 2.05) is 13.2 Å². The summed E-state index contributed by atoms with van der Waals surface area (Å²) in [5.74, 6) is 0.532. The van der Waals surface area contributed by atoms with Crippen molar-refractivity contribution in [3.63, 3.8) is 0 Å². The molecule has 108 valence electrons. The summed E-state index contributed by atoms with van der Waals surface area (Å²) in [6, 6.07) is 10.7. The Labute approximate surface area is 121 Å². The van der Waals surface area contributed by atoms with Gasteiger partial charge >= 0.3 is 0 Å². The SMILES string of the molecule is CCCNCC(CCc1cn(C)nn1)c1ccccc1. The van der Waals surface area contributed by atoms with Crippen LogP contribution in [0.2, 0.25) is 0 Å². The van der Waals surface area contributed by atoms with Crippen molar-refractivity contribution in [2.75, 3.05) is 13.1 Å². The zero-order valence-corrected chi connectivity index (χ0v) is 12.4. The smallest absolute Gasteiger partial charge is 0.0827 e. The summed E-state index contributed by atoms with van der Waals surface area (Å²) in [5.41, 5.74) is 2.48. The summed E-state index contributed by atoms with van der Waals surface area (Å²) in [5, 5.41) is 11.7. The number of benzene rings is 1. The first-order valence-corrected chi connectivity index (χ1v) is 7.40. The van der Waals surface area contributed by atoms with Crippen molar-refractivity contribution in [2.24, 2.45) is 7.05 Å². The van der Waals surface area contributed by atoms with Crippen molar-refractivity contribution in [1.82, 2.24) is 20.3 Å². The molecule has 1 aromatic heterocycles. The van der Waals surface area contributed by atoms with Crippen molar-refractivity contribution in [2.45, 2.75) is 32.1 Å².